The van der Waals surface area contributed by atoms with Gasteiger partial charge in [0.1, 0.15) is 17.7 Å². The van der Waals surface area contributed by atoms with Crippen molar-refractivity contribution in [1.29, 1.82) is 0 Å². The molecule has 0 spiro atoms. The molecule has 1 aliphatic heterocycles. The Hall–Kier alpha value is -2.51. The summed E-state index contributed by atoms with van der Waals surface area (Å²) in [7, 11) is 1.53. The number of carbonyl (C=O) groups is 1. The zero-order valence-corrected chi connectivity index (χ0v) is 16.4. The lowest BCUT2D eigenvalue weighted by Gasteiger charge is -2.11. The van der Waals surface area contributed by atoms with Crippen LogP contribution in [0, 0.1) is 12.7 Å². The Balaban J connectivity index is 0.000000237. The van der Waals surface area contributed by atoms with Crippen LogP contribution in [0.25, 0.3) is 0 Å². The van der Waals surface area contributed by atoms with E-state index in [1.54, 1.807) is 37.4 Å². The van der Waals surface area contributed by atoms with Crippen molar-refractivity contribution in [2.24, 2.45) is 0 Å². The molecule has 1 saturated heterocycles. The minimum absolute atomic E-state index is 0.0759. The molecular weight excluding hydrogens is 363 g/mol. The summed E-state index contributed by atoms with van der Waals surface area (Å²) in [5.74, 6) is 0.260. The number of nitrogens with zero attached hydrogens (tertiary/aromatic N) is 1. The molecule has 0 bridgehead atoms. The number of carbonyl (C=O) groups excluding carboxylic acids is 1. The third kappa shape index (κ3) is 6.28. The van der Waals surface area contributed by atoms with Crippen molar-refractivity contribution in [3.05, 3.63) is 53.6 Å². The van der Waals surface area contributed by atoms with Gasteiger partial charge in [-0.3, -0.25) is 9.78 Å². The minimum atomic E-state index is -0.350. The number of aliphatic hydroxyl groups is 1. The number of hydrogen-bond donors (Lipinski definition) is 2. The highest BCUT2D eigenvalue weighted by Gasteiger charge is 2.28. The van der Waals surface area contributed by atoms with Gasteiger partial charge in [0.25, 0.3) is 5.91 Å². The summed E-state index contributed by atoms with van der Waals surface area (Å²) in [5, 5.41) is 11.6. The zero-order valence-electron chi connectivity index (χ0n) is 16.4. The molecule has 1 amide bonds. The maximum Gasteiger partial charge on any atom is 0.253 e. The SMILES string of the molecule is CC1CCC(C(=O)Nc2ccc(CCO)nc2)O1.COc1cccc(F)c1C. The maximum absolute atomic E-state index is 12.7. The Morgan fingerprint density at radius 3 is 2.68 bits per heavy atom. The van der Waals surface area contributed by atoms with Crippen molar-refractivity contribution in [3.8, 4) is 5.75 Å². The van der Waals surface area contributed by atoms with Crippen molar-refractivity contribution in [2.75, 3.05) is 19.0 Å². The van der Waals surface area contributed by atoms with E-state index in [1.165, 1.54) is 13.2 Å². The average Bonchev–Trinajstić information content (AvgIpc) is 3.13. The van der Waals surface area contributed by atoms with Gasteiger partial charge in [-0.1, -0.05) is 6.07 Å². The maximum atomic E-state index is 12.7. The molecule has 0 saturated carbocycles. The summed E-state index contributed by atoms with van der Waals surface area (Å²) >= 11 is 0. The van der Waals surface area contributed by atoms with Gasteiger partial charge >= 0.3 is 0 Å². The molecule has 0 radical (unpaired) electrons. The fourth-order valence-electron chi connectivity index (χ4n) is 2.79. The van der Waals surface area contributed by atoms with Crippen molar-refractivity contribution >= 4 is 11.6 Å². The summed E-state index contributed by atoms with van der Waals surface area (Å²) < 4.78 is 23.1. The molecule has 0 aliphatic carbocycles. The number of aromatic nitrogens is 1. The minimum Gasteiger partial charge on any atom is -0.496 e. The first-order valence-electron chi connectivity index (χ1n) is 9.25. The van der Waals surface area contributed by atoms with Crippen LogP contribution in [0.15, 0.2) is 36.5 Å². The van der Waals surface area contributed by atoms with Crippen LogP contribution in [-0.4, -0.2) is 41.9 Å². The Labute approximate surface area is 164 Å². The Morgan fingerprint density at radius 1 is 1.36 bits per heavy atom. The second-order valence-corrected chi connectivity index (χ2v) is 6.58. The highest BCUT2D eigenvalue weighted by atomic mass is 19.1. The van der Waals surface area contributed by atoms with Crippen molar-refractivity contribution < 1.29 is 23.8 Å². The van der Waals surface area contributed by atoms with Gasteiger partial charge in [-0.15, -0.1) is 0 Å². The lowest BCUT2D eigenvalue weighted by Crippen LogP contribution is -2.27. The normalized spacial score (nSPS) is 18.2. The molecule has 2 N–H and O–H groups in total. The number of anilines is 1. The van der Waals surface area contributed by atoms with E-state index in [1.807, 2.05) is 6.92 Å². The van der Waals surface area contributed by atoms with Gasteiger partial charge < -0.3 is 19.9 Å². The summed E-state index contributed by atoms with van der Waals surface area (Å²) in [6.07, 6.45) is 3.62. The van der Waals surface area contributed by atoms with Crippen molar-refractivity contribution in [3.63, 3.8) is 0 Å². The molecular formula is C21H27FN2O4. The van der Waals surface area contributed by atoms with E-state index in [0.717, 1.165) is 18.5 Å². The number of nitrogens with one attached hydrogen (secondary N) is 1. The Kier molecular flexibility index (Phi) is 8.35. The number of hydrogen-bond acceptors (Lipinski definition) is 5. The van der Waals surface area contributed by atoms with Crippen LogP contribution in [-0.2, 0) is 16.0 Å². The molecule has 2 unspecified atom stereocenters. The van der Waals surface area contributed by atoms with Crippen LogP contribution in [0.1, 0.15) is 31.0 Å². The van der Waals surface area contributed by atoms with Gasteiger partial charge in [-0.05, 0) is 51.0 Å². The smallest absolute Gasteiger partial charge is 0.253 e. The topological polar surface area (TPSA) is 80.7 Å². The Bertz CT molecular complexity index is 768. The van der Waals surface area contributed by atoms with E-state index in [0.29, 0.717) is 23.4 Å². The van der Waals surface area contributed by atoms with Gasteiger partial charge in [0, 0.05) is 24.3 Å². The molecule has 152 valence electrons. The monoisotopic (exact) mass is 390 g/mol. The lowest BCUT2D eigenvalue weighted by molar-refractivity contribution is -0.126. The van der Waals surface area contributed by atoms with Crippen molar-refractivity contribution in [2.45, 2.75) is 45.3 Å². The van der Waals surface area contributed by atoms with Gasteiger partial charge in [0.15, 0.2) is 0 Å². The first-order valence-corrected chi connectivity index (χ1v) is 9.25. The van der Waals surface area contributed by atoms with Gasteiger partial charge in [0.2, 0.25) is 0 Å². The van der Waals surface area contributed by atoms with E-state index >= 15 is 0 Å². The number of rotatable bonds is 5. The second kappa shape index (κ2) is 10.7. The number of halogens is 1. The number of pyridine rings is 1. The fraction of sp³-hybridized carbons (Fsp3) is 0.429. The molecule has 7 heteroatoms. The van der Waals surface area contributed by atoms with E-state index in [9.17, 15) is 9.18 Å². The van der Waals surface area contributed by atoms with Crippen LogP contribution in [0.2, 0.25) is 0 Å². The van der Waals surface area contributed by atoms with Gasteiger partial charge in [-0.25, -0.2) is 4.39 Å². The largest absolute Gasteiger partial charge is 0.496 e. The van der Waals surface area contributed by atoms with E-state index in [-0.39, 0.29) is 30.5 Å². The summed E-state index contributed by atoms with van der Waals surface area (Å²) in [6, 6.07) is 8.36. The van der Waals surface area contributed by atoms with Crippen LogP contribution < -0.4 is 10.1 Å². The third-order valence-corrected chi connectivity index (χ3v) is 4.42. The number of amides is 1. The third-order valence-electron chi connectivity index (χ3n) is 4.42. The number of benzene rings is 1. The quantitative estimate of drug-likeness (QED) is 0.819. The summed E-state index contributed by atoms with van der Waals surface area (Å²) in [5.41, 5.74) is 2.02. The van der Waals surface area contributed by atoms with E-state index < -0.39 is 0 Å². The first-order chi connectivity index (χ1) is 13.4. The molecule has 2 atom stereocenters. The number of aliphatic hydroxyl groups excluding tert-OH is 1. The van der Waals surface area contributed by atoms with Gasteiger partial charge in [-0.2, -0.15) is 0 Å². The van der Waals surface area contributed by atoms with E-state index in [4.69, 9.17) is 14.6 Å². The second-order valence-electron chi connectivity index (χ2n) is 6.58. The first kappa shape index (κ1) is 21.8. The van der Waals surface area contributed by atoms with Crippen LogP contribution in [0.3, 0.4) is 0 Å². The summed E-state index contributed by atoms with van der Waals surface area (Å²) in [6.45, 7) is 3.74. The number of ether oxygens (including phenoxy) is 2. The predicted octanol–water partition coefficient (Wildman–Crippen LogP) is 3.27. The molecule has 1 aromatic heterocycles. The van der Waals surface area contributed by atoms with Crippen LogP contribution in [0.4, 0.5) is 10.1 Å². The standard InChI is InChI=1S/C13H18N2O3.C8H9FO/c1-9-2-5-12(18-9)13(17)15-11-4-3-10(6-7-16)14-8-11;1-6-7(9)4-3-5-8(6)10-2/h3-4,8-9,12,16H,2,5-7H2,1H3,(H,15,17);3-5H,1-2H3. The highest BCUT2D eigenvalue weighted by Crippen LogP contribution is 2.20. The summed E-state index contributed by atoms with van der Waals surface area (Å²) in [4.78, 5) is 16.0. The fourth-order valence-corrected chi connectivity index (χ4v) is 2.79. The van der Waals surface area contributed by atoms with Crippen molar-refractivity contribution in [1.82, 2.24) is 4.98 Å². The predicted molar refractivity (Wildman–Crippen MR) is 105 cm³/mol. The molecule has 1 fully saturated rings. The van der Waals surface area contributed by atoms with Crippen LogP contribution >= 0.6 is 0 Å². The molecule has 2 aromatic rings. The number of methoxy groups -OCH3 is 1. The average molecular weight is 390 g/mol. The molecule has 1 aromatic carbocycles. The molecule has 3 rings (SSSR count). The lowest BCUT2D eigenvalue weighted by atomic mass is 10.2. The molecule has 6 nitrogen and oxygen atoms in total. The molecule has 28 heavy (non-hydrogen) atoms. The zero-order chi connectivity index (χ0) is 20.5. The van der Waals surface area contributed by atoms with Gasteiger partial charge in [0.05, 0.1) is 25.1 Å². The Morgan fingerprint density at radius 2 is 2.14 bits per heavy atom. The molecule has 1 aliphatic rings. The van der Waals surface area contributed by atoms with E-state index in [2.05, 4.69) is 10.3 Å². The highest BCUT2D eigenvalue weighted by molar-refractivity contribution is 5.94. The van der Waals surface area contributed by atoms with Crippen LogP contribution in [0.5, 0.6) is 5.75 Å². The molecule has 2 heterocycles.